The van der Waals surface area contributed by atoms with Crippen LogP contribution < -0.4 is 5.32 Å². The third kappa shape index (κ3) is 6.71. The first kappa shape index (κ1) is 17.6. The molecule has 0 radical (unpaired) electrons. The van der Waals surface area contributed by atoms with Gasteiger partial charge in [0.05, 0.1) is 6.42 Å². The topological polar surface area (TPSA) is 66.4 Å². The van der Waals surface area contributed by atoms with E-state index in [0.29, 0.717) is 10.9 Å². The van der Waals surface area contributed by atoms with E-state index in [9.17, 15) is 14.0 Å². The van der Waals surface area contributed by atoms with Crippen molar-refractivity contribution in [1.29, 1.82) is 0 Å². The standard InChI is InChI=1S/C15H19BrFNO3/c1-15(2,3)8-12(7-13(19)20)18-14(21)9-4-10(16)6-11(17)5-9/h4-6,12H,7-8H2,1-3H3,(H,18,21)(H,19,20). The Kier molecular flexibility index (Phi) is 5.89. The van der Waals surface area contributed by atoms with Crippen molar-refractivity contribution in [2.75, 3.05) is 0 Å². The number of halogens is 2. The lowest BCUT2D eigenvalue weighted by atomic mass is 9.87. The SMILES string of the molecule is CC(C)(C)CC(CC(=O)O)NC(=O)c1cc(F)cc(Br)c1. The van der Waals surface area contributed by atoms with Gasteiger partial charge in [-0.25, -0.2) is 4.39 Å². The molecule has 0 saturated heterocycles. The molecule has 1 unspecified atom stereocenters. The van der Waals surface area contributed by atoms with E-state index in [4.69, 9.17) is 5.11 Å². The molecule has 116 valence electrons. The highest BCUT2D eigenvalue weighted by molar-refractivity contribution is 9.10. The Bertz CT molecular complexity index is 520. The highest BCUT2D eigenvalue weighted by atomic mass is 79.9. The summed E-state index contributed by atoms with van der Waals surface area (Å²) in [4.78, 5) is 23.0. The minimum Gasteiger partial charge on any atom is -0.481 e. The molecule has 1 aromatic rings. The molecule has 6 heteroatoms. The molecule has 0 aliphatic heterocycles. The van der Waals surface area contributed by atoms with Gasteiger partial charge in [0.15, 0.2) is 0 Å². The molecule has 1 amide bonds. The van der Waals surface area contributed by atoms with Crippen molar-refractivity contribution in [1.82, 2.24) is 5.32 Å². The Morgan fingerprint density at radius 2 is 1.95 bits per heavy atom. The summed E-state index contributed by atoms with van der Waals surface area (Å²) in [5.74, 6) is -1.99. The van der Waals surface area contributed by atoms with Gasteiger partial charge in [0.25, 0.3) is 5.91 Å². The van der Waals surface area contributed by atoms with Gasteiger partial charge in [-0.1, -0.05) is 36.7 Å². The molecule has 0 saturated carbocycles. The van der Waals surface area contributed by atoms with Gasteiger partial charge in [0.2, 0.25) is 0 Å². The number of nitrogens with one attached hydrogen (secondary N) is 1. The fourth-order valence-electron chi connectivity index (χ4n) is 2.08. The van der Waals surface area contributed by atoms with Crippen LogP contribution in [-0.2, 0) is 4.79 Å². The van der Waals surface area contributed by atoms with Gasteiger partial charge in [-0.15, -0.1) is 0 Å². The number of hydrogen-bond acceptors (Lipinski definition) is 2. The smallest absolute Gasteiger partial charge is 0.305 e. The number of benzene rings is 1. The molecule has 1 aromatic carbocycles. The van der Waals surface area contributed by atoms with Gasteiger partial charge in [-0.3, -0.25) is 9.59 Å². The van der Waals surface area contributed by atoms with E-state index >= 15 is 0 Å². The zero-order valence-electron chi connectivity index (χ0n) is 12.2. The van der Waals surface area contributed by atoms with E-state index in [-0.39, 0.29) is 17.4 Å². The van der Waals surface area contributed by atoms with Crippen LogP contribution in [0.15, 0.2) is 22.7 Å². The molecule has 0 aromatic heterocycles. The van der Waals surface area contributed by atoms with Crippen molar-refractivity contribution in [3.63, 3.8) is 0 Å². The highest BCUT2D eigenvalue weighted by Gasteiger charge is 2.23. The summed E-state index contributed by atoms with van der Waals surface area (Å²) in [6, 6.07) is 3.36. The van der Waals surface area contributed by atoms with E-state index in [1.165, 1.54) is 12.1 Å². The van der Waals surface area contributed by atoms with E-state index < -0.39 is 23.7 Å². The Hall–Kier alpha value is -1.43. The van der Waals surface area contributed by atoms with Crippen molar-refractivity contribution in [3.8, 4) is 0 Å². The zero-order chi connectivity index (χ0) is 16.2. The molecule has 1 rings (SSSR count). The lowest BCUT2D eigenvalue weighted by Gasteiger charge is -2.25. The number of aliphatic carboxylic acids is 1. The molecular formula is C15H19BrFNO3. The fourth-order valence-corrected chi connectivity index (χ4v) is 2.54. The van der Waals surface area contributed by atoms with Crippen LogP contribution in [0.25, 0.3) is 0 Å². The van der Waals surface area contributed by atoms with Crippen LogP contribution in [0.3, 0.4) is 0 Å². The highest BCUT2D eigenvalue weighted by Crippen LogP contribution is 2.23. The lowest BCUT2D eigenvalue weighted by molar-refractivity contribution is -0.137. The molecule has 0 heterocycles. The molecule has 1 atom stereocenters. The number of carboxylic acids is 1. The zero-order valence-corrected chi connectivity index (χ0v) is 13.8. The minimum absolute atomic E-state index is 0.129. The van der Waals surface area contributed by atoms with Crippen LogP contribution >= 0.6 is 15.9 Å². The molecule has 0 spiro atoms. The Labute approximate surface area is 131 Å². The number of rotatable bonds is 5. The van der Waals surface area contributed by atoms with Crippen molar-refractivity contribution in [2.45, 2.75) is 39.7 Å². The van der Waals surface area contributed by atoms with Crippen LogP contribution in [0.5, 0.6) is 0 Å². The molecule has 2 N–H and O–H groups in total. The van der Waals surface area contributed by atoms with Crippen molar-refractivity contribution in [2.24, 2.45) is 5.41 Å². The second-order valence-corrected chi connectivity index (χ2v) is 7.11. The molecular weight excluding hydrogens is 341 g/mol. The molecule has 21 heavy (non-hydrogen) atoms. The predicted octanol–water partition coefficient (Wildman–Crippen LogP) is 3.60. The third-order valence-corrected chi connectivity index (χ3v) is 3.20. The summed E-state index contributed by atoms with van der Waals surface area (Å²) < 4.78 is 13.8. The van der Waals surface area contributed by atoms with Crippen molar-refractivity contribution >= 4 is 27.8 Å². The number of carbonyl (C=O) groups excluding carboxylic acids is 1. The maximum absolute atomic E-state index is 13.3. The maximum atomic E-state index is 13.3. The molecule has 0 aliphatic rings. The third-order valence-electron chi connectivity index (χ3n) is 2.74. The second-order valence-electron chi connectivity index (χ2n) is 6.19. The van der Waals surface area contributed by atoms with E-state index in [2.05, 4.69) is 21.2 Å². The molecule has 0 bridgehead atoms. The van der Waals surface area contributed by atoms with Crippen LogP contribution in [0, 0.1) is 11.2 Å². The lowest BCUT2D eigenvalue weighted by Crippen LogP contribution is -2.39. The summed E-state index contributed by atoms with van der Waals surface area (Å²) in [5, 5.41) is 11.6. The van der Waals surface area contributed by atoms with Gasteiger partial charge >= 0.3 is 5.97 Å². The first-order valence-corrected chi connectivity index (χ1v) is 7.35. The summed E-state index contributed by atoms with van der Waals surface area (Å²) in [6.07, 6.45) is 0.348. The van der Waals surface area contributed by atoms with Crippen LogP contribution in [-0.4, -0.2) is 23.0 Å². The van der Waals surface area contributed by atoms with Gasteiger partial charge in [-0.2, -0.15) is 0 Å². The van der Waals surface area contributed by atoms with Crippen LogP contribution in [0.2, 0.25) is 0 Å². The Morgan fingerprint density at radius 1 is 1.33 bits per heavy atom. The van der Waals surface area contributed by atoms with Gasteiger partial charge < -0.3 is 10.4 Å². The quantitative estimate of drug-likeness (QED) is 0.843. The maximum Gasteiger partial charge on any atom is 0.305 e. The normalized spacial score (nSPS) is 12.8. The first-order chi connectivity index (χ1) is 9.56. The number of hydrogen-bond donors (Lipinski definition) is 2. The summed E-state index contributed by atoms with van der Waals surface area (Å²) in [7, 11) is 0. The molecule has 0 aliphatic carbocycles. The Balaban J connectivity index is 2.86. The van der Waals surface area contributed by atoms with Crippen LogP contribution in [0.1, 0.15) is 44.0 Å². The predicted molar refractivity (Wildman–Crippen MR) is 81.7 cm³/mol. The first-order valence-electron chi connectivity index (χ1n) is 6.55. The van der Waals surface area contributed by atoms with Gasteiger partial charge in [0, 0.05) is 16.1 Å². The van der Waals surface area contributed by atoms with E-state index in [0.717, 1.165) is 6.07 Å². The van der Waals surface area contributed by atoms with Gasteiger partial charge in [0.1, 0.15) is 5.82 Å². The molecule has 4 nitrogen and oxygen atoms in total. The van der Waals surface area contributed by atoms with Crippen LogP contribution in [0.4, 0.5) is 4.39 Å². The summed E-state index contributed by atoms with van der Waals surface area (Å²) in [5.41, 5.74) is 0.0294. The number of amides is 1. The number of carboxylic acid groups (broad SMARTS) is 1. The minimum atomic E-state index is -0.982. The largest absolute Gasteiger partial charge is 0.481 e. The van der Waals surface area contributed by atoms with Crippen molar-refractivity contribution in [3.05, 3.63) is 34.1 Å². The van der Waals surface area contributed by atoms with Crippen molar-refractivity contribution < 1.29 is 19.1 Å². The average molecular weight is 360 g/mol. The van der Waals surface area contributed by atoms with E-state index in [1.54, 1.807) is 0 Å². The monoisotopic (exact) mass is 359 g/mol. The summed E-state index contributed by atoms with van der Waals surface area (Å²) >= 11 is 3.12. The second kappa shape index (κ2) is 7.02. The average Bonchev–Trinajstić information content (AvgIpc) is 2.23. The van der Waals surface area contributed by atoms with E-state index in [1.807, 2.05) is 20.8 Å². The molecule has 0 fully saturated rings. The number of carbonyl (C=O) groups is 2. The van der Waals surface area contributed by atoms with Gasteiger partial charge in [-0.05, 0) is 30.0 Å². The fraction of sp³-hybridized carbons (Fsp3) is 0.467. The Morgan fingerprint density at radius 3 is 2.43 bits per heavy atom. The summed E-state index contributed by atoms with van der Waals surface area (Å²) in [6.45, 7) is 5.90.